The van der Waals surface area contributed by atoms with Gasteiger partial charge >= 0.3 is 0 Å². The lowest BCUT2D eigenvalue weighted by Gasteiger charge is -2.10. The average molecular weight is 356 g/mol. The molecule has 0 atom stereocenters. The van der Waals surface area contributed by atoms with Crippen molar-refractivity contribution in [2.75, 3.05) is 0 Å². The highest BCUT2D eigenvalue weighted by Gasteiger charge is 2.15. The van der Waals surface area contributed by atoms with Crippen molar-refractivity contribution in [2.45, 2.75) is 9.79 Å². The molecule has 0 saturated carbocycles. The maximum atomic E-state index is 9.37. The van der Waals surface area contributed by atoms with Gasteiger partial charge in [-0.25, -0.2) is 0 Å². The van der Waals surface area contributed by atoms with Crippen LogP contribution < -0.4 is 0 Å². The SMILES string of the molecule is Oc1cc(Cl)c(Sc2c(Cl)cc(O)cc2Cl)c(Cl)c1. The van der Waals surface area contributed by atoms with Crippen LogP contribution in [-0.4, -0.2) is 10.2 Å². The monoisotopic (exact) mass is 354 g/mol. The van der Waals surface area contributed by atoms with Crippen LogP contribution in [0.1, 0.15) is 0 Å². The van der Waals surface area contributed by atoms with E-state index in [1.54, 1.807) is 0 Å². The molecule has 0 aromatic heterocycles. The van der Waals surface area contributed by atoms with Gasteiger partial charge in [-0.2, -0.15) is 0 Å². The summed E-state index contributed by atoms with van der Waals surface area (Å²) in [5.74, 6) is -0.0514. The zero-order valence-corrected chi connectivity index (χ0v) is 13.0. The summed E-state index contributed by atoms with van der Waals surface area (Å²) in [6.45, 7) is 0. The number of phenols is 2. The van der Waals surface area contributed by atoms with E-state index in [2.05, 4.69) is 0 Å². The van der Waals surface area contributed by atoms with E-state index < -0.39 is 0 Å². The van der Waals surface area contributed by atoms with Crippen molar-refractivity contribution >= 4 is 58.2 Å². The van der Waals surface area contributed by atoms with Gasteiger partial charge in [0.15, 0.2) is 0 Å². The minimum Gasteiger partial charge on any atom is -0.508 e. The standard InChI is InChI=1S/C12H6Cl4O2S/c13-7-1-5(17)2-8(14)11(7)19-12-9(15)3-6(18)4-10(12)16/h1-4,17-18H. The maximum Gasteiger partial charge on any atom is 0.118 e. The van der Waals surface area contributed by atoms with E-state index in [4.69, 9.17) is 46.4 Å². The molecule has 2 rings (SSSR count). The summed E-state index contributed by atoms with van der Waals surface area (Å²) in [6, 6.07) is 5.49. The fraction of sp³-hybridized carbons (Fsp3) is 0. The van der Waals surface area contributed by atoms with Crippen LogP contribution in [0.3, 0.4) is 0 Å². The number of rotatable bonds is 2. The van der Waals surface area contributed by atoms with Crippen molar-refractivity contribution in [3.8, 4) is 11.5 Å². The lowest BCUT2D eigenvalue weighted by Crippen LogP contribution is -1.82. The summed E-state index contributed by atoms with van der Waals surface area (Å²) in [7, 11) is 0. The molecule has 0 unspecified atom stereocenters. The molecule has 0 amide bonds. The van der Waals surface area contributed by atoms with Gasteiger partial charge < -0.3 is 10.2 Å². The van der Waals surface area contributed by atoms with Gasteiger partial charge in [0.25, 0.3) is 0 Å². The molecule has 2 nitrogen and oxygen atoms in total. The third kappa shape index (κ3) is 3.36. The van der Waals surface area contributed by atoms with Crippen LogP contribution in [0.5, 0.6) is 11.5 Å². The number of halogens is 4. The first-order valence-electron chi connectivity index (χ1n) is 4.92. The number of aromatic hydroxyl groups is 2. The smallest absolute Gasteiger partial charge is 0.118 e. The van der Waals surface area contributed by atoms with Gasteiger partial charge in [0.1, 0.15) is 11.5 Å². The first-order chi connectivity index (χ1) is 8.88. The zero-order valence-electron chi connectivity index (χ0n) is 9.12. The fourth-order valence-corrected chi connectivity index (χ4v) is 3.63. The first-order valence-corrected chi connectivity index (χ1v) is 7.25. The van der Waals surface area contributed by atoms with Crippen LogP contribution in [0.4, 0.5) is 0 Å². The number of benzene rings is 2. The lowest BCUT2D eigenvalue weighted by atomic mass is 10.3. The molecule has 0 spiro atoms. The molecule has 0 bridgehead atoms. The molecule has 100 valence electrons. The molecule has 0 aliphatic heterocycles. The molecular formula is C12H6Cl4O2S. The summed E-state index contributed by atoms with van der Waals surface area (Å²) in [5, 5.41) is 19.9. The van der Waals surface area contributed by atoms with Crippen LogP contribution in [0.25, 0.3) is 0 Å². The van der Waals surface area contributed by atoms with E-state index in [1.807, 2.05) is 0 Å². The van der Waals surface area contributed by atoms with Gasteiger partial charge in [-0.15, -0.1) is 0 Å². The Morgan fingerprint density at radius 2 is 0.895 bits per heavy atom. The van der Waals surface area contributed by atoms with Crippen LogP contribution in [0, 0.1) is 0 Å². The highest BCUT2D eigenvalue weighted by molar-refractivity contribution is 7.99. The van der Waals surface area contributed by atoms with Crippen LogP contribution >= 0.6 is 58.2 Å². The number of phenolic OH excluding ortho intramolecular Hbond substituents is 2. The Labute approximate surface area is 133 Å². The van der Waals surface area contributed by atoms with Crippen LogP contribution in [0.2, 0.25) is 20.1 Å². The van der Waals surface area contributed by atoms with Gasteiger partial charge in [-0.1, -0.05) is 58.2 Å². The first kappa shape index (κ1) is 14.9. The predicted molar refractivity (Wildman–Crippen MR) is 80.4 cm³/mol. The highest BCUT2D eigenvalue weighted by Crippen LogP contribution is 2.46. The van der Waals surface area contributed by atoms with Gasteiger partial charge in [-0.3, -0.25) is 0 Å². The van der Waals surface area contributed by atoms with Gasteiger partial charge in [0, 0.05) is 9.79 Å². The Kier molecular flexibility index (Phi) is 4.64. The average Bonchev–Trinajstić information content (AvgIpc) is 2.25. The second kappa shape index (κ2) is 5.90. The normalized spacial score (nSPS) is 10.7. The molecule has 0 saturated heterocycles. The molecule has 7 heteroatoms. The third-order valence-electron chi connectivity index (χ3n) is 2.17. The van der Waals surface area contributed by atoms with Crippen LogP contribution in [0.15, 0.2) is 34.1 Å². The number of hydrogen-bond donors (Lipinski definition) is 2. The summed E-state index contributed by atoms with van der Waals surface area (Å²) in [6.07, 6.45) is 0. The molecule has 19 heavy (non-hydrogen) atoms. The third-order valence-corrected chi connectivity index (χ3v) is 5.10. The van der Waals surface area contributed by atoms with Crippen molar-refractivity contribution < 1.29 is 10.2 Å². The highest BCUT2D eigenvalue weighted by atomic mass is 35.5. The van der Waals surface area contributed by atoms with E-state index in [1.165, 1.54) is 24.3 Å². The Bertz CT molecular complexity index is 544. The maximum absolute atomic E-state index is 9.37. The largest absolute Gasteiger partial charge is 0.508 e. The summed E-state index contributed by atoms with van der Waals surface area (Å²) >= 11 is 25.2. The summed E-state index contributed by atoms with van der Waals surface area (Å²) in [4.78, 5) is 1.05. The molecule has 2 aromatic carbocycles. The second-order valence-electron chi connectivity index (χ2n) is 3.58. The number of hydrogen-bond acceptors (Lipinski definition) is 3. The van der Waals surface area contributed by atoms with Crippen molar-refractivity contribution in [1.82, 2.24) is 0 Å². The summed E-state index contributed by atoms with van der Waals surface area (Å²) < 4.78 is 0. The van der Waals surface area contributed by atoms with Crippen molar-refractivity contribution in [1.29, 1.82) is 0 Å². The molecule has 0 aliphatic carbocycles. The van der Waals surface area contributed by atoms with E-state index >= 15 is 0 Å². The minimum absolute atomic E-state index is 0.0257. The van der Waals surface area contributed by atoms with E-state index in [0.29, 0.717) is 9.79 Å². The van der Waals surface area contributed by atoms with Crippen molar-refractivity contribution in [2.24, 2.45) is 0 Å². The minimum atomic E-state index is -0.0257. The molecular weight excluding hydrogens is 350 g/mol. The molecule has 0 heterocycles. The molecule has 0 fully saturated rings. The second-order valence-corrected chi connectivity index (χ2v) is 6.23. The van der Waals surface area contributed by atoms with Gasteiger partial charge in [0.05, 0.1) is 20.1 Å². The lowest BCUT2D eigenvalue weighted by molar-refractivity contribution is 0.474. The van der Waals surface area contributed by atoms with Gasteiger partial charge in [-0.05, 0) is 24.3 Å². The summed E-state index contributed by atoms with van der Waals surface area (Å²) in [5.41, 5.74) is 0. The Morgan fingerprint density at radius 1 is 0.632 bits per heavy atom. The molecule has 2 N–H and O–H groups in total. The molecule has 0 radical (unpaired) electrons. The van der Waals surface area contributed by atoms with Gasteiger partial charge in [0.2, 0.25) is 0 Å². The van der Waals surface area contributed by atoms with Crippen molar-refractivity contribution in [3.63, 3.8) is 0 Å². The quantitative estimate of drug-likeness (QED) is 0.708. The molecule has 0 aliphatic rings. The van der Waals surface area contributed by atoms with E-state index in [-0.39, 0.29) is 31.6 Å². The fourth-order valence-electron chi connectivity index (χ4n) is 1.39. The van der Waals surface area contributed by atoms with E-state index in [9.17, 15) is 10.2 Å². The van der Waals surface area contributed by atoms with E-state index in [0.717, 1.165) is 11.8 Å². The van der Waals surface area contributed by atoms with Crippen molar-refractivity contribution in [3.05, 3.63) is 44.4 Å². The topological polar surface area (TPSA) is 40.5 Å². The Morgan fingerprint density at radius 3 is 1.16 bits per heavy atom. The zero-order chi connectivity index (χ0) is 14.2. The Balaban J connectivity index is 2.48. The van der Waals surface area contributed by atoms with Crippen LogP contribution in [-0.2, 0) is 0 Å². The Hall–Kier alpha value is -0.450. The molecule has 2 aromatic rings. The predicted octanol–water partition coefficient (Wildman–Crippen LogP) is 5.86.